The molecule has 0 bridgehead atoms. The lowest BCUT2D eigenvalue weighted by Gasteiger charge is -2.18. The maximum absolute atomic E-state index is 14.5. The maximum atomic E-state index is 14.5. The highest BCUT2D eigenvalue weighted by atomic mass is 35.5. The largest absolute Gasteiger partial charge is 0.463 e. The molecule has 2 aromatic rings. The van der Waals surface area contributed by atoms with E-state index in [-0.39, 0.29) is 40.6 Å². The van der Waals surface area contributed by atoms with E-state index < -0.39 is 34.1 Å². The number of halogens is 6. The standard InChI is InChI=1S/C19H14Cl2F4N2O3/c1-3-29-17(28)18(2)7-15(27-30-18)10-5-11(14(22)6-12(10)20)16-13(21)4-9(8-26-16)19(23,24)25/h4-6,8H,3,7H2,1-2H3. The molecule has 30 heavy (non-hydrogen) atoms. The Morgan fingerprint density at radius 2 is 1.93 bits per heavy atom. The molecule has 0 N–H and O–H groups in total. The zero-order valence-electron chi connectivity index (χ0n) is 15.6. The first kappa shape index (κ1) is 22.3. The van der Waals surface area contributed by atoms with E-state index in [1.54, 1.807) is 6.92 Å². The fourth-order valence-corrected chi connectivity index (χ4v) is 3.35. The van der Waals surface area contributed by atoms with E-state index in [9.17, 15) is 22.4 Å². The van der Waals surface area contributed by atoms with Crippen molar-refractivity contribution >= 4 is 34.9 Å². The molecule has 160 valence electrons. The molecule has 1 aliphatic rings. The molecule has 1 aromatic carbocycles. The summed E-state index contributed by atoms with van der Waals surface area (Å²) in [5, 5.41) is 3.44. The minimum atomic E-state index is -4.65. The Balaban J connectivity index is 2.00. The van der Waals surface area contributed by atoms with Gasteiger partial charge in [-0.1, -0.05) is 28.4 Å². The quantitative estimate of drug-likeness (QED) is 0.432. The van der Waals surface area contributed by atoms with E-state index in [4.69, 9.17) is 32.8 Å². The Bertz CT molecular complexity index is 1040. The van der Waals surface area contributed by atoms with Gasteiger partial charge in [0.2, 0.25) is 5.60 Å². The van der Waals surface area contributed by atoms with Crippen LogP contribution in [-0.2, 0) is 20.5 Å². The molecule has 0 radical (unpaired) electrons. The number of hydrogen-bond donors (Lipinski definition) is 0. The Kier molecular flexibility index (Phi) is 5.97. The molecule has 11 heteroatoms. The summed E-state index contributed by atoms with van der Waals surface area (Å²) in [7, 11) is 0. The lowest BCUT2D eigenvalue weighted by atomic mass is 9.94. The van der Waals surface area contributed by atoms with Crippen LogP contribution in [0.15, 0.2) is 29.6 Å². The highest BCUT2D eigenvalue weighted by Crippen LogP contribution is 2.37. The number of ether oxygens (including phenoxy) is 1. The first-order valence-electron chi connectivity index (χ1n) is 8.61. The Morgan fingerprint density at radius 1 is 1.23 bits per heavy atom. The second-order valence-corrected chi connectivity index (χ2v) is 7.44. The molecule has 0 saturated carbocycles. The fraction of sp³-hybridized carbons (Fsp3) is 0.316. The molecule has 2 heterocycles. The number of hydrogen-bond acceptors (Lipinski definition) is 5. The summed E-state index contributed by atoms with van der Waals surface area (Å²) in [5.41, 5.74) is -2.37. The third kappa shape index (κ3) is 4.22. The van der Waals surface area contributed by atoms with Crippen molar-refractivity contribution in [1.29, 1.82) is 0 Å². The number of carbonyl (C=O) groups is 1. The van der Waals surface area contributed by atoms with Crippen molar-refractivity contribution in [3.05, 3.63) is 51.4 Å². The topological polar surface area (TPSA) is 60.8 Å². The van der Waals surface area contributed by atoms with Gasteiger partial charge < -0.3 is 9.57 Å². The van der Waals surface area contributed by atoms with Gasteiger partial charge in [-0.05, 0) is 32.0 Å². The number of aromatic nitrogens is 1. The van der Waals surface area contributed by atoms with Gasteiger partial charge in [0.05, 0.1) is 33.6 Å². The summed E-state index contributed by atoms with van der Waals surface area (Å²) in [6, 6.07) is 2.87. The van der Waals surface area contributed by atoms with Gasteiger partial charge in [-0.15, -0.1) is 0 Å². The van der Waals surface area contributed by atoms with Gasteiger partial charge >= 0.3 is 12.1 Å². The molecular formula is C19H14Cl2F4N2O3. The lowest BCUT2D eigenvalue weighted by Crippen LogP contribution is -2.37. The van der Waals surface area contributed by atoms with Crippen LogP contribution in [0, 0.1) is 5.82 Å². The van der Waals surface area contributed by atoms with Crippen molar-refractivity contribution in [3.8, 4) is 11.3 Å². The first-order valence-corrected chi connectivity index (χ1v) is 9.36. The maximum Gasteiger partial charge on any atom is 0.417 e. The summed E-state index contributed by atoms with van der Waals surface area (Å²) in [6.07, 6.45) is -4.10. The second kappa shape index (κ2) is 8.03. The number of nitrogens with zero attached hydrogens (tertiary/aromatic N) is 2. The van der Waals surface area contributed by atoms with E-state index in [0.717, 1.165) is 6.07 Å². The Hall–Kier alpha value is -2.39. The molecule has 5 nitrogen and oxygen atoms in total. The van der Waals surface area contributed by atoms with Crippen LogP contribution in [0.3, 0.4) is 0 Å². The number of alkyl halides is 3. The van der Waals surface area contributed by atoms with Crippen LogP contribution in [0.2, 0.25) is 10.0 Å². The van der Waals surface area contributed by atoms with Crippen LogP contribution >= 0.6 is 23.2 Å². The zero-order valence-corrected chi connectivity index (χ0v) is 17.1. The van der Waals surface area contributed by atoms with Gasteiger partial charge in [-0.3, -0.25) is 4.98 Å². The van der Waals surface area contributed by atoms with Gasteiger partial charge in [0, 0.05) is 23.7 Å². The first-order chi connectivity index (χ1) is 14.0. The van der Waals surface area contributed by atoms with E-state index >= 15 is 0 Å². The number of esters is 1. The monoisotopic (exact) mass is 464 g/mol. The molecular weight excluding hydrogens is 451 g/mol. The van der Waals surface area contributed by atoms with Crippen LogP contribution in [0.5, 0.6) is 0 Å². The molecule has 0 aliphatic carbocycles. The van der Waals surface area contributed by atoms with Gasteiger partial charge in [0.15, 0.2) is 0 Å². The normalized spacial score (nSPS) is 18.7. The predicted molar refractivity (Wildman–Crippen MR) is 102 cm³/mol. The van der Waals surface area contributed by atoms with Crippen molar-refractivity contribution in [1.82, 2.24) is 4.98 Å². The summed E-state index contributed by atoms with van der Waals surface area (Å²) in [4.78, 5) is 21.0. The van der Waals surface area contributed by atoms with Crippen molar-refractivity contribution < 1.29 is 31.9 Å². The summed E-state index contributed by atoms with van der Waals surface area (Å²) >= 11 is 12.1. The second-order valence-electron chi connectivity index (χ2n) is 6.62. The molecule has 1 aliphatic heterocycles. The number of carbonyl (C=O) groups excluding carboxylic acids is 1. The minimum absolute atomic E-state index is 0.00913. The molecule has 1 atom stereocenters. The van der Waals surface area contributed by atoms with E-state index in [1.807, 2.05) is 0 Å². The molecule has 1 aromatic heterocycles. The van der Waals surface area contributed by atoms with E-state index in [0.29, 0.717) is 12.3 Å². The van der Waals surface area contributed by atoms with Crippen LogP contribution < -0.4 is 0 Å². The van der Waals surface area contributed by atoms with Crippen LogP contribution in [0.1, 0.15) is 31.4 Å². The molecule has 0 saturated heterocycles. The number of pyridine rings is 1. The average molecular weight is 465 g/mol. The molecule has 0 spiro atoms. The van der Waals surface area contributed by atoms with Gasteiger partial charge in [-0.2, -0.15) is 13.2 Å². The van der Waals surface area contributed by atoms with Crippen LogP contribution in [0.4, 0.5) is 17.6 Å². The summed E-state index contributed by atoms with van der Waals surface area (Å²) in [5.74, 6) is -1.47. The van der Waals surface area contributed by atoms with Crippen molar-refractivity contribution in [2.24, 2.45) is 5.16 Å². The van der Waals surface area contributed by atoms with E-state index in [1.165, 1.54) is 13.0 Å². The number of rotatable bonds is 4. The smallest absolute Gasteiger partial charge is 0.417 e. The summed E-state index contributed by atoms with van der Waals surface area (Å²) < 4.78 is 58.0. The highest BCUT2D eigenvalue weighted by Gasteiger charge is 2.44. The van der Waals surface area contributed by atoms with Crippen molar-refractivity contribution in [3.63, 3.8) is 0 Å². The lowest BCUT2D eigenvalue weighted by molar-refractivity contribution is -0.166. The average Bonchev–Trinajstić information content (AvgIpc) is 3.05. The molecule has 0 amide bonds. The van der Waals surface area contributed by atoms with Gasteiger partial charge in [0.1, 0.15) is 5.82 Å². The van der Waals surface area contributed by atoms with Crippen LogP contribution in [0.25, 0.3) is 11.3 Å². The van der Waals surface area contributed by atoms with E-state index in [2.05, 4.69) is 10.1 Å². The third-order valence-corrected chi connectivity index (χ3v) is 4.96. The molecule has 1 unspecified atom stereocenters. The SMILES string of the molecule is CCOC(=O)C1(C)CC(c2cc(-c3ncc(C(F)(F)F)cc3Cl)c(F)cc2Cl)=NO1. The van der Waals surface area contributed by atoms with Crippen molar-refractivity contribution in [2.45, 2.75) is 32.0 Å². The number of oxime groups is 1. The molecule has 0 fully saturated rings. The van der Waals surface area contributed by atoms with Gasteiger partial charge in [0.25, 0.3) is 0 Å². The predicted octanol–water partition coefficient (Wildman–Crippen LogP) is 5.66. The Labute approximate surface area is 178 Å². The number of benzene rings is 1. The fourth-order valence-electron chi connectivity index (χ4n) is 2.82. The third-order valence-electron chi connectivity index (χ3n) is 4.36. The minimum Gasteiger partial charge on any atom is -0.463 e. The van der Waals surface area contributed by atoms with Gasteiger partial charge in [-0.25, -0.2) is 9.18 Å². The Morgan fingerprint density at radius 3 is 2.53 bits per heavy atom. The van der Waals surface area contributed by atoms with Crippen LogP contribution in [-0.4, -0.2) is 28.9 Å². The molecule has 3 rings (SSSR count). The highest BCUT2D eigenvalue weighted by molar-refractivity contribution is 6.35. The zero-order chi connectivity index (χ0) is 22.3. The van der Waals surface area contributed by atoms with Crippen molar-refractivity contribution in [2.75, 3.05) is 6.61 Å². The summed E-state index contributed by atoms with van der Waals surface area (Å²) in [6.45, 7) is 3.27.